The van der Waals surface area contributed by atoms with Crippen molar-refractivity contribution >= 4 is 17.5 Å². The average molecular weight is 274 g/mol. The van der Waals surface area contributed by atoms with Gasteiger partial charge in [-0.25, -0.2) is 4.39 Å². The van der Waals surface area contributed by atoms with E-state index in [9.17, 15) is 9.18 Å². The van der Waals surface area contributed by atoms with E-state index < -0.39 is 17.3 Å². The highest BCUT2D eigenvalue weighted by atomic mass is 35.5. The van der Waals surface area contributed by atoms with Gasteiger partial charge in [-0.15, -0.1) is 11.6 Å². The monoisotopic (exact) mass is 273 g/mol. The normalized spacial score (nSPS) is 11.2. The van der Waals surface area contributed by atoms with E-state index in [1.54, 1.807) is 13.1 Å². The molecule has 0 aliphatic carbocycles. The topological polar surface area (TPSA) is 29.5 Å². The van der Waals surface area contributed by atoms with Crippen LogP contribution in [0.25, 0.3) is 0 Å². The van der Waals surface area contributed by atoms with Crippen molar-refractivity contribution in [2.24, 2.45) is 0 Å². The second kappa shape index (κ2) is 5.57. The van der Waals surface area contributed by atoms with Crippen LogP contribution in [0, 0.1) is 5.82 Å². The van der Waals surface area contributed by atoms with Gasteiger partial charge in [-0.1, -0.05) is 6.07 Å². The third kappa shape index (κ3) is 2.75. The van der Waals surface area contributed by atoms with E-state index in [0.29, 0.717) is 0 Å². The summed E-state index contributed by atoms with van der Waals surface area (Å²) in [7, 11) is 2.99. The Kier molecular flexibility index (Phi) is 4.57. The van der Waals surface area contributed by atoms with Gasteiger partial charge in [0, 0.05) is 12.9 Å². The Balaban J connectivity index is 3.19. The minimum Gasteiger partial charge on any atom is -0.496 e. The first-order chi connectivity index (χ1) is 8.35. The van der Waals surface area contributed by atoms with E-state index in [1.807, 2.05) is 13.8 Å². The number of hydrogen-bond donors (Lipinski definition) is 0. The number of alkyl halides is 1. The summed E-state index contributed by atoms with van der Waals surface area (Å²) in [5, 5.41) is 0. The van der Waals surface area contributed by atoms with Crippen LogP contribution in [-0.4, -0.2) is 36.4 Å². The first kappa shape index (κ1) is 14.8. The van der Waals surface area contributed by atoms with Gasteiger partial charge in [-0.3, -0.25) is 4.79 Å². The summed E-state index contributed by atoms with van der Waals surface area (Å²) in [6.07, 6.45) is 0. The Labute approximate surface area is 111 Å². The molecule has 0 aromatic heterocycles. The Morgan fingerprint density at radius 1 is 1.50 bits per heavy atom. The molecule has 0 saturated heterocycles. The zero-order valence-electron chi connectivity index (χ0n) is 11.0. The van der Waals surface area contributed by atoms with Crippen molar-refractivity contribution in [3.8, 4) is 5.75 Å². The molecule has 1 rings (SSSR count). The van der Waals surface area contributed by atoms with Crippen LogP contribution in [0.1, 0.15) is 24.2 Å². The zero-order chi connectivity index (χ0) is 13.9. The van der Waals surface area contributed by atoms with Gasteiger partial charge < -0.3 is 9.64 Å². The number of carbonyl (C=O) groups is 1. The Bertz CT molecular complexity index is 449. The largest absolute Gasteiger partial charge is 0.496 e. The lowest BCUT2D eigenvalue weighted by molar-refractivity contribution is 0.0652. The predicted octanol–water partition coefficient (Wildman–Crippen LogP) is 2.92. The number of benzene rings is 1. The molecule has 0 fully saturated rings. The fourth-order valence-corrected chi connectivity index (χ4v) is 1.59. The van der Waals surface area contributed by atoms with Crippen molar-refractivity contribution in [2.75, 3.05) is 20.0 Å². The highest BCUT2D eigenvalue weighted by Crippen LogP contribution is 2.25. The Morgan fingerprint density at radius 3 is 2.61 bits per heavy atom. The molecule has 0 unspecified atom stereocenters. The number of methoxy groups -OCH3 is 1. The van der Waals surface area contributed by atoms with Gasteiger partial charge in [-0.2, -0.15) is 0 Å². The molecule has 0 spiro atoms. The fourth-order valence-electron chi connectivity index (χ4n) is 1.41. The van der Waals surface area contributed by atoms with Crippen LogP contribution in [0.5, 0.6) is 5.75 Å². The smallest absolute Gasteiger partial charge is 0.260 e. The molecule has 0 N–H and O–H groups in total. The van der Waals surface area contributed by atoms with Crippen LogP contribution in [0.15, 0.2) is 18.2 Å². The minimum atomic E-state index is -0.600. The molecule has 100 valence electrons. The maximum atomic E-state index is 13.8. The maximum absolute atomic E-state index is 13.8. The summed E-state index contributed by atoms with van der Waals surface area (Å²) in [5.41, 5.74) is -0.632. The van der Waals surface area contributed by atoms with E-state index in [1.165, 1.54) is 24.1 Å². The van der Waals surface area contributed by atoms with E-state index in [4.69, 9.17) is 16.3 Å². The highest BCUT2D eigenvalue weighted by molar-refractivity contribution is 6.18. The van der Waals surface area contributed by atoms with Crippen LogP contribution in [0.4, 0.5) is 4.39 Å². The third-order valence-electron chi connectivity index (χ3n) is 2.95. The minimum absolute atomic E-state index is 0.0688. The molecular weight excluding hydrogens is 257 g/mol. The van der Waals surface area contributed by atoms with Crippen molar-refractivity contribution in [1.29, 1.82) is 0 Å². The summed E-state index contributed by atoms with van der Waals surface area (Å²) >= 11 is 5.81. The lowest BCUT2D eigenvalue weighted by Crippen LogP contribution is -2.46. The van der Waals surface area contributed by atoms with Crippen molar-refractivity contribution < 1.29 is 13.9 Å². The molecule has 18 heavy (non-hydrogen) atoms. The summed E-state index contributed by atoms with van der Waals surface area (Å²) in [4.78, 5) is 13.7. The predicted molar refractivity (Wildman–Crippen MR) is 69.8 cm³/mol. The SMILES string of the molecule is COc1cccc(F)c1C(=O)N(C)C(C)(C)CCl. The van der Waals surface area contributed by atoms with Crippen LogP contribution < -0.4 is 4.74 Å². The second-order valence-electron chi connectivity index (χ2n) is 4.63. The number of carbonyl (C=O) groups excluding carboxylic acids is 1. The maximum Gasteiger partial charge on any atom is 0.260 e. The lowest BCUT2D eigenvalue weighted by Gasteiger charge is -2.34. The molecule has 3 nitrogen and oxygen atoms in total. The molecule has 5 heteroatoms. The van der Waals surface area contributed by atoms with E-state index in [2.05, 4.69) is 0 Å². The molecule has 1 amide bonds. The summed E-state index contributed by atoms with van der Waals surface area (Å²) < 4.78 is 18.8. The molecule has 0 atom stereocenters. The second-order valence-corrected chi connectivity index (χ2v) is 4.89. The van der Waals surface area contributed by atoms with Gasteiger partial charge in [0.25, 0.3) is 5.91 Å². The summed E-state index contributed by atoms with van der Waals surface area (Å²) in [6, 6.07) is 4.28. The van der Waals surface area contributed by atoms with Crippen molar-refractivity contribution in [1.82, 2.24) is 4.90 Å². The van der Waals surface area contributed by atoms with Gasteiger partial charge in [0.15, 0.2) is 0 Å². The number of hydrogen-bond acceptors (Lipinski definition) is 2. The van der Waals surface area contributed by atoms with E-state index >= 15 is 0 Å². The van der Waals surface area contributed by atoms with Gasteiger partial charge in [0.05, 0.1) is 12.6 Å². The Morgan fingerprint density at radius 2 is 2.11 bits per heavy atom. The fraction of sp³-hybridized carbons (Fsp3) is 0.462. The van der Waals surface area contributed by atoms with Crippen LogP contribution >= 0.6 is 11.6 Å². The number of ether oxygens (including phenoxy) is 1. The third-order valence-corrected chi connectivity index (χ3v) is 3.60. The molecule has 0 radical (unpaired) electrons. The van der Waals surface area contributed by atoms with E-state index in [-0.39, 0.29) is 17.2 Å². The van der Waals surface area contributed by atoms with Crippen LogP contribution in [0.2, 0.25) is 0 Å². The molecule has 0 saturated carbocycles. The van der Waals surface area contributed by atoms with Crippen molar-refractivity contribution in [3.05, 3.63) is 29.6 Å². The van der Waals surface area contributed by atoms with E-state index in [0.717, 1.165) is 0 Å². The first-order valence-electron chi connectivity index (χ1n) is 5.51. The molecule has 1 aromatic carbocycles. The highest BCUT2D eigenvalue weighted by Gasteiger charge is 2.30. The summed E-state index contributed by atoms with van der Waals surface area (Å²) in [6.45, 7) is 3.62. The van der Waals surface area contributed by atoms with Gasteiger partial charge in [-0.05, 0) is 26.0 Å². The molecular formula is C13H17ClFNO2. The molecule has 0 aliphatic heterocycles. The Hall–Kier alpha value is -1.29. The average Bonchev–Trinajstić information content (AvgIpc) is 2.36. The lowest BCUT2D eigenvalue weighted by atomic mass is 10.0. The summed E-state index contributed by atoms with van der Waals surface area (Å²) in [5.74, 6) is -0.573. The molecule has 0 aliphatic rings. The van der Waals surface area contributed by atoms with Crippen molar-refractivity contribution in [3.63, 3.8) is 0 Å². The molecule has 0 heterocycles. The van der Waals surface area contributed by atoms with Gasteiger partial charge in [0.2, 0.25) is 0 Å². The number of nitrogens with zero attached hydrogens (tertiary/aromatic N) is 1. The standard InChI is InChI=1S/C13H17ClFNO2/c1-13(2,8-14)16(3)12(17)11-9(15)6-5-7-10(11)18-4/h5-7H,8H2,1-4H3. The number of amides is 1. The van der Waals surface area contributed by atoms with Gasteiger partial charge >= 0.3 is 0 Å². The number of halogens is 2. The van der Waals surface area contributed by atoms with Gasteiger partial charge in [0.1, 0.15) is 17.1 Å². The van der Waals surface area contributed by atoms with Crippen molar-refractivity contribution in [2.45, 2.75) is 19.4 Å². The molecule has 0 bridgehead atoms. The van der Waals surface area contributed by atoms with Crippen LogP contribution in [0.3, 0.4) is 0 Å². The zero-order valence-corrected chi connectivity index (χ0v) is 11.7. The first-order valence-corrected chi connectivity index (χ1v) is 6.05. The quantitative estimate of drug-likeness (QED) is 0.790. The van der Waals surface area contributed by atoms with Crippen LogP contribution in [-0.2, 0) is 0 Å². The molecule has 1 aromatic rings. The number of rotatable bonds is 4.